The largest absolute Gasteiger partial charge is 0.494 e. The van der Waals surface area contributed by atoms with E-state index in [1.807, 2.05) is 72.5 Å². The number of rotatable bonds is 8. The number of hydrogen-bond donors (Lipinski definition) is 0. The highest BCUT2D eigenvalue weighted by Gasteiger charge is 2.23. The Hall–Kier alpha value is -2.73. The second-order valence-electron chi connectivity index (χ2n) is 8.20. The van der Waals surface area contributed by atoms with Crippen LogP contribution in [0, 0.1) is 0 Å². The first-order chi connectivity index (χ1) is 16.5. The average Bonchev–Trinajstić information content (AvgIpc) is 2.86. The molecule has 0 saturated carbocycles. The summed E-state index contributed by atoms with van der Waals surface area (Å²) < 4.78 is 11.3. The summed E-state index contributed by atoms with van der Waals surface area (Å²) in [7, 11) is 0. The molecule has 0 bridgehead atoms. The number of ether oxygens (including phenoxy) is 2. The lowest BCUT2D eigenvalue weighted by Gasteiger charge is -2.35. The number of amides is 1. The van der Waals surface area contributed by atoms with Gasteiger partial charge in [-0.05, 0) is 66.6 Å². The van der Waals surface area contributed by atoms with Crippen molar-refractivity contribution in [3.63, 3.8) is 0 Å². The summed E-state index contributed by atoms with van der Waals surface area (Å²) >= 11 is 12.3. The number of hydrogen-bond acceptors (Lipinski definition) is 4. The van der Waals surface area contributed by atoms with Crippen LogP contribution in [0.2, 0.25) is 10.0 Å². The van der Waals surface area contributed by atoms with Gasteiger partial charge in [-0.1, -0.05) is 41.4 Å². The van der Waals surface area contributed by atoms with Gasteiger partial charge in [-0.2, -0.15) is 0 Å². The van der Waals surface area contributed by atoms with E-state index in [2.05, 4.69) is 4.90 Å². The molecular weight excluding hydrogens is 471 g/mol. The fraction of sp³-hybridized carbons (Fsp3) is 0.296. The first-order valence-electron chi connectivity index (χ1n) is 11.4. The van der Waals surface area contributed by atoms with Crippen LogP contribution in [0.25, 0.3) is 0 Å². The van der Waals surface area contributed by atoms with E-state index in [4.69, 9.17) is 32.7 Å². The molecule has 0 aromatic heterocycles. The van der Waals surface area contributed by atoms with Gasteiger partial charge in [0.15, 0.2) is 0 Å². The zero-order chi connectivity index (χ0) is 23.9. The Morgan fingerprint density at radius 2 is 1.59 bits per heavy atom. The smallest absolute Gasteiger partial charge is 0.253 e. The third-order valence-corrected chi connectivity index (χ3v) is 6.37. The molecule has 5 nitrogen and oxygen atoms in total. The van der Waals surface area contributed by atoms with Crippen LogP contribution < -0.4 is 9.47 Å². The third kappa shape index (κ3) is 6.44. The fourth-order valence-electron chi connectivity index (χ4n) is 3.94. The van der Waals surface area contributed by atoms with Crippen LogP contribution in [0.5, 0.6) is 11.5 Å². The molecular formula is C27H28Cl2N2O3. The first kappa shape index (κ1) is 24.4. The van der Waals surface area contributed by atoms with E-state index in [1.165, 1.54) is 0 Å². The maximum Gasteiger partial charge on any atom is 0.253 e. The highest BCUT2D eigenvalue weighted by molar-refractivity contribution is 6.35. The zero-order valence-electron chi connectivity index (χ0n) is 19.2. The van der Waals surface area contributed by atoms with E-state index in [-0.39, 0.29) is 5.91 Å². The van der Waals surface area contributed by atoms with Crippen molar-refractivity contribution >= 4 is 29.1 Å². The lowest BCUT2D eigenvalue weighted by molar-refractivity contribution is 0.0628. The molecule has 0 unspecified atom stereocenters. The molecule has 1 saturated heterocycles. The molecule has 0 spiro atoms. The van der Waals surface area contributed by atoms with E-state index in [9.17, 15) is 4.79 Å². The summed E-state index contributed by atoms with van der Waals surface area (Å²) in [6.07, 6.45) is 0. The summed E-state index contributed by atoms with van der Waals surface area (Å²) in [4.78, 5) is 17.3. The van der Waals surface area contributed by atoms with Gasteiger partial charge in [0.1, 0.15) is 18.1 Å². The van der Waals surface area contributed by atoms with E-state index in [0.29, 0.717) is 41.9 Å². The van der Waals surface area contributed by atoms with Crippen LogP contribution in [-0.4, -0.2) is 48.5 Å². The highest BCUT2D eigenvalue weighted by atomic mass is 35.5. The van der Waals surface area contributed by atoms with Crippen molar-refractivity contribution in [2.24, 2.45) is 0 Å². The number of carbonyl (C=O) groups excluding carboxylic acids is 1. The minimum Gasteiger partial charge on any atom is -0.494 e. The molecule has 0 radical (unpaired) electrons. The number of carbonyl (C=O) groups is 1. The van der Waals surface area contributed by atoms with E-state index >= 15 is 0 Å². The minimum absolute atomic E-state index is 0.0482. The summed E-state index contributed by atoms with van der Waals surface area (Å²) in [5.74, 6) is 1.63. The quantitative estimate of drug-likeness (QED) is 0.386. The summed E-state index contributed by atoms with van der Waals surface area (Å²) in [6.45, 7) is 6.67. The van der Waals surface area contributed by atoms with Gasteiger partial charge in [0, 0.05) is 48.3 Å². The predicted octanol–water partition coefficient (Wildman–Crippen LogP) is 5.93. The number of halogens is 2. The van der Waals surface area contributed by atoms with Crippen molar-refractivity contribution in [1.82, 2.24) is 9.80 Å². The lowest BCUT2D eigenvalue weighted by atomic mass is 10.1. The molecule has 3 aromatic rings. The van der Waals surface area contributed by atoms with Gasteiger partial charge >= 0.3 is 0 Å². The van der Waals surface area contributed by atoms with Crippen molar-refractivity contribution in [1.29, 1.82) is 0 Å². The molecule has 0 atom stereocenters. The number of nitrogens with zero attached hydrogens (tertiary/aromatic N) is 2. The Bertz CT molecular complexity index is 1110. The maximum absolute atomic E-state index is 13.1. The molecule has 1 amide bonds. The Labute approximate surface area is 210 Å². The number of benzene rings is 3. The summed E-state index contributed by atoms with van der Waals surface area (Å²) in [5, 5.41) is 1.31. The van der Waals surface area contributed by atoms with Crippen LogP contribution in [0.1, 0.15) is 28.4 Å². The van der Waals surface area contributed by atoms with Crippen LogP contribution in [-0.2, 0) is 13.2 Å². The standard InChI is InChI=1S/C27H28Cl2N2O3/c1-2-33-24-8-10-25(11-9-24)34-19-20-4-3-5-21(16-20)27(32)31-14-12-30(13-15-31)18-22-6-7-23(28)17-26(22)29/h3-11,16-17H,2,12-15,18-19H2,1H3. The highest BCUT2D eigenvalue weighted by Crippen LogP contribution is 2.23. The van der Waals surface area contributed by atoms with Gasteiger partial charge in [0.25, 0.3) is 5.91 Å². The number of piperazine rings is 1. The molecule has 1 aliphatic heterocycles. The van der Waals surface area contributed by atoms with Gasteiger partial charge in [-0.3, -0.25) is 9.69 Å². The average molecular weight is 499 g/mol. The molecule has 7 heteroatoms. The topological polar surface area (TPSA) is 42.0 Å². The normalized spacial score (nSPS) is 14.1. The van der Waals surface area contributed by atoms with E-state index in [1.54, 1.807) is 6.07 Å². The Balaban J connectivity index is 1.30. The first-order valence-corrected chi connectivity index (χ1v) is 12.2. The Morgan fingerprint density at radius 3 is 2.26 bits per heavy atom. The molecule has 4 rings (SSSR count). The fourth-order valence-corrected chi connectivity index (χ4v) is 4.41. The summed E-state index contributed by atoms with van der Waals surface area (Å²) in [6, 6.07) is 20.8. The van der Waals surface area contributed by atoms with E-state index < -0.39 is 0 Å². The van der Waals surface area contributed by atoms with Crippen molar-refractivity contribution in [2.45, 2.75) is 20.1 Å². The second kappa shape index (κ2) is 11.6. The third-order valence-electron chi connectivity index (χ3n) is 5.78. The minimum atomic E-state index is 0.0482. The SMILES string of the molecule is CCOc1ccc(OCc2cccc(C(=O)N3CCN(Cc4ccc(Cl)cc4Cl)CC3)c2)cc1. The Morgan fingerprint density at radius 1 is 0.882 bits per heavy atom. The lowest BCUT2D eigenvalue weighted by Crippen LogP contribution is -2.48. The van der Waals surface area contributed by atoms with Gasteiger partial charge in [-0.15, -0.1) is 0 Å². The zero-order valence-corrected chi connectivity index (χ0v) is 20.7. The molecule has 1 heterocycles. The maximum atomic E-state index is 13.1. The Kier molecular flexibility index (Phi) is 8.33. The van der Waals surface area contributed by atoms with Crippen LogP contribution in [0.15, 0.2) is 66.7 Å². The van der Waals surface area contributed by atoms with Gasteiger partial charge in [0.2, 0.25) is 0 Å². The van der Waals surface area contributed by atoms with E-state index in [0.717, 1.165) is 42.3 Å². The molecule has 1 aliphatic rings. The van der Waals surface area contributed by atoms with Crippen LogP contribution in [0.4, 0.5) is 0 Å². The van der Waals surface area contributed by atoms with Gasteiger partial charge in [-0.25, -0.2) is 0 Å². The van der Waals surface area contributed by atoms with Crippen LogP contribution >= 0.6 is 23.2 Å². The summed E-state index contributed by atoms with van der Waals surface area (Å²) in [5.41, 5.74) is 2.68. The predicted molar refractivity (Wildman–Crippen MR) is 136 cm³/mol. The molecule has 0 aliphatic carbocycles. The van der Waals surface area contributed by atoms with Crippen molar-refractivity contribution in [2.75, 3.05) is 32.8 Å². The molecule has 3 aromatic carbocycles. The van der Waals surface area contributed by atoms with Crippen LogP contribution in [0.3, 0.4) is 0 Å². The monoisotopic (exact) mass is 498 g/mol. The van der Waals surface area contributed by atoms with Gasteiger partial charge in [0.05, 0.1) is 6.61 Å². The molecule has 0 N–H and O–H groups in total. The second-order valence-corrected chi connectivity index (χ2v) is 9.04. The van der Waals surface area contributed by atoms with Crippen molar-refractivity contribution < 1.29 is 14.3 Å². The van der Waals surface area contributed by atoms with Gasteiger partial charge < -0.3 is 14.4 Å². The van der Waals surface area contributed by atoms with Crippen molar-refractivity contribution in [3.05, 3.63) is 93.5 Å². The molecule has 178 valence electrons. The molecule has 1 fully saturated rings. The van der Waals surface area contributed by atoms with Crippen molar-refractivity contribution in [3.8, 4) is 11.5 Å². The molecule has 34 heavy (non-hydrogen) atoms.